The van der Waals surface area contributed by atoms with Crippen molar-refractivity contribution in [2.24, 2.45) is 34.9 Å². The highest BCUT2D eigenvalue weighted by Crippen LogP contribution is 2.56. The molecular formula is C11H13NO4. The fourth-order valence-corrected chi connectivity index (χ4v) is 3.48. The van der Waals surface area contributed by atoms with E-state index in [4.69, 9.17) is 0 Å². The Hall–Kier alpha value is -1.20. The van der Waals surface area contributed by atoms with Crippen molar-refractivity contribution in [2.75, 3.05) is 6.61 Å². The zero-order valence-corrected chi connectivity index (χ0v) is 8.56. The van der Waals surface area contributed by atoms with E-state index >= 15 is 0 Å². The second kappa shape index (κ2) is 3.15. The lowest BCUT2D eigenvalue weighted by Crippen LogP contribution is -2.52. The Morgan fingerprint density at radius 1 is 1.12 bits per heavy atom. The van der Waals surface area contributed by atoms with Gasteiger partial charge in [0, 0.05) is 17.8 Å². The number of rotatable bonds is 3. The van der Waals surface area contributed by atoms with Crippen molar-refractivity contribution in [2.45, 2.75) is 5.79 Å². The predicted molar refractivity (Wildman–Crippen MR) is 54.6 cm³/mol. The summed E-state index contributed by atoms with van der Waals surface area (Å²) in [7, 11) is 0. The van der Waals surface area contributed by atoms with E-state index in [1.165, 1.54) is 0 Å². The van der Waals surface area contributed by atoms with Gasteiger partial charge in [-0.3, -0.25) is 0 Å². The number of allylic oxidation sites excluding steroid dienone is 2. The Morgan fingerprint density at radius 2 is 1.69 bits per heavy atom. The Morgan fingerprint density at radius 3 is 2.19 bits per heavy atom. The van der Waals surface area contributed by atoms with E-state index in [1.807, 2.05) is 24.3 Å². The first kappa shape index (κ1) is 9.99. The van der Waals surface area contributed by atoms with Crippen LogP contribution in [-0.4, -0.2) is 22.6 Å². The van der Waals surface area contributed by atoms with E-state index in [2.05, 4.69) is 10.2 Å². The molecule has 0 amide bonds. The summed E-state index contributed by atoms with van der Waals surface area (Å²) in [6.07, 6.45) is 7.72. The van der Waals surface area contributed by atoms with Gasteiger partial charge in [0.05, 0.1) is 0 Å². The van der Waals surface area contributed by atoms with E-state index in [1.54, 1.807) is 0 Å². The standard InChI is InChI=1S/C11H13NO4/c13-11(14)9-3-4-10(11)7-2-1-6(9)8(7)5-16-12-15/h1-4,6-10,13-14H,5H2. The highest BCUT2D eigenvalue weighted by atomic mass is 16.7. The molecule has 3 aliphatic carbocycles. The molecule has 3 aliphatic rings. The molecule has 5 heteroatoms. The molecule has 0 aromatic carbocycles. The maximum absolute atomic E-state index is 10.0. The molecule has 16 heavy (non-hydrogen) atoms. The van der Waals surface area contributed by atoms with Crippen LogP contribution in [0.25, 0.3) is 0 Å². The molecule has 2 N–H and O–H groups in total. The van der Waals surface area contributed by atoms with Gasteiger partial charge in [0.2, 0.25) is 0 Å². The van der Waals surface area contributed by atoms with Gasteiger partial charge in [-0.2, -0.15) is 0 Å². The van der Waals surface area contributed by atoms with Crippen molar-refractivity contribution in [3.05, 3.63) is 29.2 Å². The van der Waals surface area contributed by atoms with Gasteiger partial charge >= 0.3 is 0 Å². The lowest BCUT2D eigenvalue weighted by Gasteiger charge is -2.43. The zero-order chi connectivity index (χ0) is 11.3. The van der Waals surface area contributed by atoms with Crippen LogP contribution >= 0.6 is 0 Å². The Bertz CT molecular complexity index is 350. The predicted octanol–water partition coefficient (Wildman–Crippen LogP) is 0.599. The van der Waals surface area contributed by atoms with Gasteiger partial charge in [-0.1, -0.05) is 24.3 Å². The van der Waals surface area contributed by atoms with Crippen LogP contribution in [0.15, 0.2) is 29.6 Å². The minimum Gasteiger partial charge on any atom is -0.365 e. The smallest absolute Gasteiger partial charge is 0.176 e. The highest BCUT2D eigenvalue weighted by Gasteiger charge is 2.60. The summed E-state index contributed by atoms with van der Waals surface area (Å²) < 4.78 is 0. The molecule has 3 rings (SSSR count). The SMILES string of the molecule is O=NOCC1C2C=CC1C1C=CC2C1(O)O. The van der Waals surface area contributed by atoms with Crippen molar-refractivity contribution in [1.82, 2.24) is 0 Å². The monoisotopic (exact) mass is 223 g/mol. The normalized spacial score (nSPS) is 46.0. The van der Waals surface area contributed by atoms with E-state index in [0.717, 1.165) is 0 Å². The summed E-state index contributed by atoms with van der Waals surface area (Å²) >= 11 is 0. The maximum Gasteiger partial charge on any atom is 0.176 e. The number of aliphatic hydroxyl groups is 2. The van der Waals surface area contributed by atoms with Gasteiger partial charge in [0.25, 0.3) is 0 Å². The molecule has 0 aromatic rings. The quantitative estimate of drug-likeness (QED) is 0.318. The van der Waals surface area contributed by atoms with E-state index in [0.29, 0.717) is 0 Å². The van der Waals surface area contributed by atoms with E-state index in [9.17, 15) is 15.1 Å². The third-order valence-electron chi connectivity index (χ3n) is 4.20. The Labute approximate surface area is 92.3 Å². The van der Waals surface area contributed by atoms with Gasteiger partial charge in [-0.25, -0.2) is 0 Å². The van der Waals surface area contributed by atoms with E-state index in [-0.39, 0.29) is 36.2 Å². The van der Waals surface area contributed by atoms with Crippen LogP contribution < -0.4 is 0 Å². The third-order valence-corrected chi connectivity index (χ3v) is 4.20. The molecule has 1 fully saturated rings. The van der Waals surface area contributed by atoms with Crippen LogP contribution in [0.5, 0.6) is 0 Å². The summed E-state index contributed by atoms with van der Waals surface area (Å²) in [5, 5.41) is 22.5. The molecular weight excluding hydrogens is 210 g/mol. The number of fused-ring (bicyclic) bond motifs is 6. The lowest BCUT2D eigenvalue weighted by molar-refractivity contribution is -0.245. The van der Waals surface area contributed by atoms with Gasteiger partial charge < -0.3 is 15.1 Å². The van der Waals surface area contributed by atoms with Crippen LogP contribution in [0.3, 0.4) is 0 Å². The van der Waals surface area contributed by atoms with Crippen molar-refractivity contribution in [3.8, 4) is 0 Å². The van der Waals surface area contributed by atoms with Crippen molar-refractivity contribution >= 4 is 0 Å². The fraction of sp³-hybridized carbons (Fsp3) is 0.636. The first-order chi connectivity index (χ1) is 7.66. The summed E-state index contributed by atoms with van der Waals surface area (Å²) in [5.74, 6) is -2.08. The number of nitrogens with zero attached hydrogens (tertiary/aromatic N) is 1. The van der Waals surface area contributed by atoms with Gasteiger partial charge in [0.1, 0.15) is 6.61 Å². The Kier molecular flexibility index (Phi) is 1.96. The minimum absolute atomic E-state index is 0.0248. The summed E-state index contributed by atoms with van der Waals surface area (Å²) in [5.41, 5.74) is 0. The van der Waals surface area contributed by atoms with Crippen LogP contribution in [0.2, 0.25) is 0 Å². The van der Waals surface area contributed by atoms with Gasteiger partial charge in [-0.15, -0.1) is 4.91 Å². The fourth-order valence-electron chi connectivity index (χ4n) is 3.48. The number of hydrogen-bond donors (Lipinski definition) is 2. The third kappa shape index (κ3) is 1.07. The van der Waals surface area contributed by atoms with Crippen molar-refractivity contribution in [1.29, 1.82) is 0 Å². The molecule has 0 heterocycles. The molecule has 0 spiro atoms. The largest absolute Gasteiger partial charge is 0.365 e. The molecule has 0 aromatic heterocycles. The van der Waals surface area contributed by atoms with Crippen LogP contribution in [0.4, 0.5) is 0 Å². The first-order valence-electron chi connectivity index (χ1n) is 5.42. The molecule has 86 valence electrons. The average molecular weight is 223 g/mol. The van der Waals surface area contributed by atoms with Crippen LogP contribution in [-0.2, 0) is 4.84 Å². The second-order valence-corrected chi connectivity index (χ2v) is 4.79. The molecule has 4 bridgehead atoms. The number of hydrogen-bond acceptors (Lipinski definition) is 5. The molecule has 0 saturated heterocycles. The first-order valence-corrected chi connectivity index (χ1v) is 5.42. The van der Waals surface area contributed by atoms with Gasteiger partial charge in [0.15, 0.2) is 11.1 Å². The van der Waals surface area contributed by atoms with Crippen molar-refractivity contribution < 1.29 is 15.1 Å². The topological polar surface area (TPSA) is 79.1 Å². The molecule has 0 aliphatic heterocycles. The average Bonchev–Trinajstić information content (AvgIpc) is 2.62. The minimum atomic E-state index is -1.65. The molecule has 5 nitrogen and oxygen atoms in total. The summed E-state index contributed by atoms with van der Waals surface area (Å²) in [4.78, 5) is 14.6. The van der Waals surface area contributed by atoms with Crippen LogP contribution in [0, 0.1) is 34.5 Å². The summed E-state index contributed by atoms with van der Waals surface area (Å²) in [6.45, 7) is 0.247. The molecule has 4 unspecified atom stereocenters. The van der Waals surface area contributed by atoms with E-state index < -0.39 is 5.79 Å². The maximum atomic E-state index is 10.0. The second-order valence-electron chi connectivity index (χ2n) is 4.79. The van der Waals surface area contributed by atoms with Crippen LogP contribution in [0.1, 0.15) is 0 Å². The van der Waals surface area contributed by atoms with Crippen molar-refractivity contribution in [3.63, 3.8) is 0 Å². The lowest BCUT2D eigenvalue weighted by atomic mass is 9.66. The molecule has 4 atom stereocenters. The van der Waals surface area contributed by atoms with Gasteiger partial charge in [-0.05, 0) is 11.8 Å². The molecule has 0 radical (unpaired) electrons. The molecule has 1 saturated carbocycles. The Balaban J connectivity index is 1.89. The summed E-state index contributed by atoms with van der Waals surface area (Å²) in [6, 6.07) is 0. The zero-order valence-electron chi connectivity index (χ0n) is 8.56. The highest BCUT2D eigenvalue weighted by molar-refractivity contribution is 5.28.